The number of benzene rings is 1. The van der Waals surface area contributed by atoms with Crippen LogP contribution in [-0.2, 0) is 0 Å². The van der Waals surface area contributed by atoms with E-state index in [0.717, 1.165) is 11.3 Å². The van der Waals surface area contributed by atoms with E-state index >= 15 is 0 Å². The van der Waals surface area contributed by atoms with Crippen LogP contribution in [0.5, 0.6) is 5.75 Å². The molecular weight excluding hydrogens is 256 g/mol. The molecule has 1 aromatic rings. The van der Waals surface area contributed by atoms with Crippen LogP contribution in [0, 0.1) is 12.8 Å². The molecule has 1 rings (SSSR count). The fraction of sp³-hybridized carbons (Fsp3) is 0.533. The van der Waals surface area contributed by atoms with Gasteiger partial charge in [-0.15, -0.1) is 0 Å². The van der Waals surface area contributed by atoms with Gasteiger partial charge in [0, 0.05) is 12.2 Å². The minimum Gasteiger partial charge on any atom is -0.496 e. The van der Waals surface area contributed by atoms with Crippen molar-refractivity contribution in [1.29, 1.82) is 0 Å². The third-order valence-corrected chi connectivity index (χ3v) is 3.15. The number of aliphatic hydroxyl groups is 1. The number of ether oxygens (including phenoxy) is 1. The molecule has 0 fully saturated rings. The number of carbonyl (C=O) groups is 1. The van der Waals surface area contributed by atoms with Gasteiger partial charge in [-0.25, -0.2) is 4.79 Å². The second-order valence-corrected chi connectivity index (χ2v) is 5.17. The largest absolute Gasteiger partial charge is 0.496 e. The van der Waals surface area contributed by atoms with Crippen LogP contribution in [0.1, 0.15) is 25.8 Å². The number of aryl methyl sites for hydroxylation is 1. The van der Waals surface area contributed by atoms with Gasteiger partial charge in [-0.3, -0.25) is 0 Å². The number of hydrogen-bond donors (Lipinski definition) is 3. The summed E-state index contributed by atoms with van der Waals surface area (Å²) in [5, 5.41) is 15.1. The molecule has 2 amide bonds. The molecule has 0 saturated heterocycles. The fourth-order valence-corrected chi connectivity index (χ4v) is 1.80. The van der Waals surface area contributed by atoms with Crippen molar-refractivity contribution >= 4 is 11.7 Å². The van der Waals surface area contributed by atoms with Crippen LogP contribution in [0.4, 0.5) is 10.5 Å². The van der Waals surface area contributed by atoms with Gasteiger partial charge in [0.25, 0.3) is 0 Å². The summed E-state index contributed by atoms with van der Waals surface area (Å²) in [4.78, 5) is 11.7. The van der Waals surface area contributed by atoms with Gasteiger partial charge in [-0.1, -0.05) is 13.8 Å². The summed E-state index contributed by atoms with van der Waals surface area (Å²) >= 11 is 0. The van der Waals surface area contributed by atoms with E-state index in [4.69, 9.17) is 4.74 Å². The van der Waals surface area contributed by atoms with Crippen LogP contribution in [0.2, 0.25) is 0 Å². The zero-order chi connectivity index (χ0) is 15.1. The first-order valence-electron chi connectivity index (χ1n) is 6.81. The minimum atomic E-state index is -0.390. The highest BCUT2D eigenvalue weighted by Gasteiger charge is 2.09. The van der Waals surface area contributed by atoms with Gasteiger partial charge in [0.05, 0.1) is 13.2 Å². The first-order chi connectivity index (χ1) is 9.43. The minimum absolute atomic E-state index is 0.198. The van der Waals surface area contributed by atoms with E-state index in [1.807, 2.05) is 32.9 Å². The molecule has 5 heteroatoms. The number of hydrogen-bond acceptors (Lipinski definition) is 3. The van der Waals surface area contributed by atoms with Crippen LogP contribution >= 0.6 is 0 Å². The number of urea groups is 1. The van der Waals surface area contributed by atoms with E-state index in [1.54, 1.807) is 13.2 Å². The van der Waals surface area contributed by atoms with Gasteiger partial charge in [0.15, 0.2) is 0 Å². The maximum atomic E-state index is 11.7. The third kappa shape index (κ3) is 5.09. The monoisotopic (exact) mass is 280 g/mol. The molecule has 0 aromatic heterocycles. The highest BCUT2D eigenvalue weighted by atomic mass is 16.5. The van der Waals surface area contributed by atoms with Crippen molar-refractivity contribution < 1.29 is 14.6 Å². The standard InChI is InChI=1S/C15H24N2O3/c1-10(2)13(18)7-8-16-15(19)17-12-5-6-14(20-4)11(3)9-12/h5-6,9-10,13,18H,7-8H2,1-4H3,(H2,16,17,19). The molecule has 0 spiro atoms. The lowest BCUT2D eigenvalue weighted by molar-refractivity contribution is 0.117. The van der Waals surface area contributed by atoms with Crippen molar-refractivity contribution in [2.75, 3.05) is 19.0 Å². The Balaban J connectivity index is 2.41. The lowest BCUT2D eigenvalue weighted by atomic mass is 10.0. The fourth-order valence-electron chi connectivity index (χ4n) is 1.80. The van der Waals surface area contributed by atoms with Crippen LogP contribution in [0.3, 0.4) is 0 Å². The van der Waals surface area contributed by atoms with Gasteiger partial charge in [0.2, 0.25) is 0 Å². The predicted molar refractivity (Wildman–Crippen MR) is 80.2 cm³/mol. The van der Waals surface area contributed by atoms with E-state index in [1.165, 1.54) is 0 Å². The Morgan fingerprint density at radius 1 is 1.40 bits per heavy atom. The molecule has 0 radical (unpaired) electrons. The normalized spacial score (nSPS) is 12.1. The Hall–Kier alpha value is -1.75. The quantitative estimate of drug-likeness (QED) is 0.750. The molecule has 0 heterocycles. The van der Waals surface area contributed by atoms with Crippen molar-refractivity contribution in [2.45, 2.75) is 33.3 Å². The lowest BCUT2D eigenvalue weighted by Gasteiger charge is -2.15. The molecule has 5 nitrogen and oxygen atoms in total. The number of rotatable bonds is 6. The number of aliphatic hydroxyl groups excluding tert-OH is 1. The van der Waals surface area contributed by atoms with Crippen molar-refractivity contribution in [2.24, 2.45) is 5.92 Å². The highest BCUT2D eigenvalue weighted by molar-refractivity contribution is 5.89. The van der Waals surface area contributed by atoms with Crippen molar-refractivity contribution in [1.82, 2.24) is 5.32 Å². The Labute approximate surface area is 120 Å². The number of amides is 2. The summed E-state index contributed by atoms with van der Waals surface area (Å²) < 4.78 is 5.16. The third-order valence-electron chi connectivity index (χ3n) is 3.15. The van der Waals surface area contributed by atoms with E-state index in [0.29, 0.717) is 18.7 Å². The van der Waals surface area contributed by atoms with Gasteiger partial charge in [-0.05, 0) is 43.0 Å². The van der Waals surface area contributed by atoms with Crippen LogP contribution < -0.4 is 15.4 Å². The number of methoxy groups -OCH3 is 1. The smallest absolute Gasteiger partial charge is 0.319 e. The van der Waals surface area contributed by atoms with Gasteiger partial charge >= 0.3 is 6.03 Å². The Bertz CT molecular complexity index is 447. The average molecular weight is 280 g/mol. The summed E-state index contributed by atoms with van der Waals surface area (Å²) in [6.45, 7) is 6.26. The van der Waals surface area contributed by atoms with Gasteiger partial charge in [-0.2, -0.15) is 0 Å². The van der Waals surface area contributed by atoms with Crippen molar-refractivity contribution in [3.05, 3.63) is 23.8 Å². The lowest BCUT2D eigenvalue weighted by Crippen LogP contribution is -2.32. The van der Waals surface area contributed by atoms with E-state index in [2.05, 4.69) is 10.6 Å². The molecule has 0 bridgehead atoms. The Kier molecular flexibility index (Phi) is 6.31. The van der Waals surface area contributed by atoms with Gasteiger partial charge < -0.3 is 20.5 Å². The molecule has 20 heavy (non-hydrogen) atoms. The van der Waals surface area contributed by atoms with Crippen molar-refractivity contribution in [3.8, 4) is 5.75 Å². The molecule has 0 aliphatic carbocycles. The first-order valence-corrected chi connectivity index (χ1v) is 6.81. The maximum absolute atomic E-state index is 11.7. The van der Waals surface area contributed by atoms with E-state index < -0.39 is 6.10 Å². The molecular formula is C15H24N2O3. The Morgan fingerprint density at radius 3 is 2.65 bits per heavy atom. The summed E-state index contributed by atoms with van der Waals surface area (Å²) in [5.41, 5.74) is 1.67. The summed E-state index contributed by atoms with van der Waals surface area (Å²) in [6.07, 6.45) is 0.158. The predicted octanol–water partition coefficient (Wildman–Crippen LogP) is 2.53. The van der Waals surface area contributed by atoms with Crippen LogP contribution in [-0.4, -0.2) is 30.9 Å². The van der Waals surface area contributed by atoms with Crippen LogP contribution in [0.15, 0.2) is 18.2 Å². The second-order valence-electron chi connectivity index (χ2n) is 5.17. The molecule has 1 aromatic carbocycles. The molecule has 1 unspecified atom stereocenters. The summed E-state index contributed by atoms with van der Waals surface area (Å²) in [7, 11) is 1.61. The number of carbonyl (C=O) groups excluding carboxylic acids is 1. The highest BCUT2D eigenvalue weighted by Crippen LogP contribution is 2.21. The Morgan fingerprint density at radius 2 is 2.10 bits per heavy atom. The molecule has 3 N–H and O–H groups in total. The second kappa shape index (κ2) is 7.75. The summed E-state index contributed by atoms with van der Waals surface area (Å²) in [5.74, 6) is 0.986. The average Bonchev–Trinajstić information content (AvgIpc) is 2.38. The molecule has 1 atom stereocenters. The molecule has 0 saturated carbocycles. The van der Waals surface area contributed by atoms with E-state index in [9.17, 15) is 9.90 Å². The topological polar surface area (TPSA) is 70.6 Å². The number of nitrogens with one attached hydrogen (secondary N) is 2. The maximum Gasteiger partial charge on any atom is 0.319 e. The number of anilines is 1. The van der Waals surface area contributed by atoms with E-state index in [-0.39, 0.29) is 11.9 Å². The SMILES string of the molecule is COc1ccc(NC(=O)NCCC(O)C(C)C)cc1C. The van der Waals surface area contributed by atoms with Crippen molar-refractivity contribution in [3.63, 3.8) is 0 Å². The molecule has 112 valence electrons. The van der Waals surface area contributed by atoms with Gasteiger partial charge in [0.1, 0.15) is 5.75 Å². The summed E-state index contributed by atoms with van der Waals surface area (Å²) in [6, 6.07) is 5.17. The molecule has 0 aliphatic rings. The first kappa shape index (κ1) is 16.3. The zero-order valence-corrected chi connectivity index (χ0v) is 12.6. The molecule has 0 aliphatic heterocycles. The van der Waals surface area contributed by atoms with Crippen LogP contribution in [0.25, 0.3) is 0 Å². The zero-order valence-electron chi connectivity index (χ0n) is 12.6.